The third-order valence-corrected chi connectivity index (χ3v) is 4.14. The fourth-order valence-corrected chi connectivity index (χ4v) is 2.68. The van der Waals surface area contributed by atoms with Gasteiger partial charge in [0.2, 0.25) is 11.8 Å². The maximum Gasteiger partial charge on any atom is 0.294 e. The number of hydrogen-bond donors (Lipinski definition) is 1. The van der Waals surface area contributed by atoms with E-state index in [2.05, 4.69) is 20.5 Å². The second kappa shape index (κ2) is 7.93. The lowest BCUT2D eigenvalue weighted by Crippen LogP contribution is -2.15. The van der Waals surface area contributed by atoms with Gasteiger partial charge in [-0.15, -0.1) is 10.2 Å². The summed E-state index contributed by atoms with van der Waals surface area (Å²) in [4.78, 5) is 26.3. The summed E-state index contributed by atoms with van der Waals surface area (Å²) in [6, 6.07) is 7.43. The number of carbonyl (C=O) groups is 1. The van der Waals surface area contributed by atoms with E-state index in [0.29, 0.717) is 11.5 Å². The van der Waals surface area contributed by atoms with Crippen molar-refractivity contribution in [2.75, 3.05) is 11.1 Å². The number of aromatic nitrogens is 3. The van der Waals surface area contributed by atoms with Gasteiger partial charge in [0.25, 0.3) is 10.9 Å². The van der Waals surface area contributed by atoms with Crippen LogP contribution in [0.4, 0.5) is 11.4 Å². The molecule has 0 radical (unpaired) electrons. The Kier molecular flexibility index (Phi) is 5.44. The van der Waals surface area contributed by atoms with E-state index in [1.54, 1.807) is 24.5 Å². The molecule has 1 N–H and O–H groups in total. The van der Waals surface area contributed by atoms with Crippen molar-refractivity contribution < 1.29 is 14.1 Å². The van der Waals surface area contributed by atoms with Crippen LogP contribution in [-0.2, 0) is 4.79 Å². The van der Waals surface area contributed by atoms with Gasteiger partial charge in [0.05, 0.1) is 10.7 Å². The summed E-state index contributed by atoms with van der Waals surface area (Å²) in [5, 5.41) is 21.7. The van der Waals surface area contributed by atoms with Crippen LogP contribution in [-0.4, -0.2) is 31.8 Å². The Hall–Kier alpha value is -2.98. The number of carbonyl (C=O) groups excluding carboxylic acids is 1. The molecule has 2 aromatic heterocycles. The largest absolute Gasteiger partial charge is 0.411 e. The Balaban J connectivity index is 1.62. The monoisotopic (exact) mass is 391 g/mol. The predicted octanol–water partition coefficient (Wildman–Crippen LogP) is 3.42. The molecule has 3 aromatic rings. The van der Waals surface area contributed by atoms with Gasteiger partial charge in [-0.2, -0.15) is 0 Å². The molecule has 0 saturated carbocycles. The van der Waals surface area contributed by atoms with Crippen molar-refractivity contribution in [3.8, 4) is 11.5 Å². The lowest BCUT2D eigenvalue weighted by molar-refractivity contribution is -0.383. The van der Waals surface area contributed by atoms with Crippen LogP contribution in [0.5, 0.6) is 0 Å². The molecule has 3 rings (SSSR count). The smallest absolute Gasteiger partial charge is 0.294 e. The second-order valence-electron chi connectivity index (χ2n) is 4.86. The van der Waals surface area contributed by atoms with Gasteiger partial charge in [0, 0.05) is 29.0 Å². The molecule has 0 aliphatic heterocycles. The minimum Gasteiger partial charge on any atom is -0.411 e. The highest BCUT2D eigenvalue weighted by atomic mass is 35.5. The van der Waals surface area contributed by atoms with Crippen molar-refractivity contribution >= 4 is 40.6 Å². The number of rotatable bonds is 6. The highest BCUT2D eigenvalue weighted by molar-refractivity contribution is 7.99. The summed E-state index contributed by atoms with van der Waals surface area (Å²) in [5.74, 6) is -0.203. The Bertz CT molecular complexity index is 950. The highest BCUT2D eigenvalue weighted by Gasteiger charge is 2.17. The summed E-state index contributed by atoms with van der Waals surface area (Å²) in [5.41, 5.74) is 0.488. The number of anilines is 1. The van der Waals surface area contributed by atoms with Crippen molar-refractivity contribution in [2.45, 2.75) is 5.22 Å². The zero-order valence-corrected chi connectivity index (χ0v) is 14.5. The van der Waals surface area contributed by atoms with Crippen molar-refractivity contribution in [1.82, 2.24) is 15.2 Å². The summed E-state index contributed by atoms with van der Waals surface area (Å²) in [6.07, 6.45) is 3.19. The van der Waals surface area contributed by atoms with E-state index in [0.717, 1.165) is 11.8 Å². The third kappa shape index (κ3) is 4.35. The number of hydrogen-bond acceptors (Lipinski definition) is 8. The molecule has 2 heterocycles. The summed E-state index contributed by atoms with van der Waals surface area (Å²) >= 11 is 6.76. The molecule has 26 heavy (non-hydrogen) atoms. The predicted molar refractivity (Wildman–Crippen MR) is 95.0 cm³/mol. The molecule has 0 fully saturated rings. The molecule has 132 valence electrons. The number of pyridine rings is 1. The molecular weight excluding hydrogens is 382 g/mol. The lowest BCUT2D eigenvalue weighted by Gasteiger charge is -2.05. The van der Waals surface area contributed by atoms with E-state index in [9.17, 15) is 14.9 Å². The first-order valence-electron chi connectivity index (χ1n) is 7.13. The number of benzene rings is 1. The maximum atomic E-state index is 12.0. The van der Waals surface area contributed by atoms with Crippen LogP contribution < -0.4 is 5.32 Å². The third-order valence-electron chi connectivity index (χ3n) is 3.09. The van der Waals surface area contributed by atoms with E-state index >= 15 is 0 Å². The summed E-state index contributed by atoms with van der Waals surface area (Å²) in [7, 11) is 0. The zero-order valence-electron chi connectivity index (χ0n) is 13.0. The van der Waals surface area contributed by atoms with Gasteiger partial charge in [-0.1, -0.05) is 23.4 Å². The molecule has 0 bridgehead atoms. The number of nitro benzene ring substituents is 1. The SMILES string of the molecule is O=C(CSc1nnc(-c2ccncc2)o1)Nc1ccc(Cl)cc1[N+](=O)[O-]. The minimum atomic E-state index is -0.617. The molecule has 0 saturated heterocycles. The number of thioether (sulfide) groups is 1. The van der Waals surface area contributed by atoms with E-state index in [4.69, 9.17) is 16.0 Å². The Morgan fingerprint density at radius 1 is 1.27 bits per heavy atom. The molecule has 0 spiro atoms. The van der Waals surface area contributed by atoms with Gasteiger partial charge in [-0.05, 0) is 24.3 Å². The standard InChI is InChI=1S/C15H10ClN5O4S/c16-10-1-2-11(12(7-10)21(23)24)18-13(22)8-26-15-20-19-14(25-15)9-3-5-17-6-4-9/h1-7H,8H2,(H,18,22). The average molecular weight is 392 g/mol. The lowest BCUT2D eigenvalue weighted by atomic mass is 10.2. The minimum absolute atomic E-state index is 0.0578. The average Bonchev–Trinajstić information content (AvgIpc) is 3.11. The molecule has 9 nitrogen and oxygen atoms in total. The first-order valence-corrected chi connectivity index (χ1v) is 8.50. The molecule has 1 amide bonds. The van der Waals surface area contributed by atoms with Crippen LogP contribution in [0.25, 0.3) is 11.5 Å². The number of amides is 1. The van der Waals surface area contributed by atoms with Crippen LogP contribution >= 0.6 is 23.4 Å². The maximum absolute atomic E-state index is 12.0. The van der Waals surface area contributed by atoms with Crippen LogP contribution in [0.15, 0.2) is 52.4 Å². The van der Waals surface area contributed by atoms with Gasteiger partial charge in [0.1, 0.15) is 5.69 Å². The van der Waals surface area contributed by atoms with E-state index in [-0.39, 0.29) is 27.4 Å². The van der Waals surface area contributed by atoms with Gasteiger partial charge in [-0.3, -0.25) is 19.9 Å². The van der Waals surface area contributed by atoms with E-state index < -0.39 is 10.8 Å². The highest BCUT2D eigenvalue weighted by Crippen LogP contribution is 2.28. The van der Waals surface area contributed by atoms with Gasteiger partial charge >= 0.3 is 0 Å². The van der Waals surface area contributed by atoms with Crippen molar-refractivity contribution in [3.05, 3.63) is 57.9 Å². The summed E-state index contributed by atoms with van der Waals surface area (Å²) in [6.45, 7) is 0. The van der Waals surface area contributed by atoms with Crippen LogP contribution in [0, 0.1) is 10.1 Å². The molecule has 11 heteroatoms. The van der Waals surface area contributed by atoms with Gasteiger partial charge < -0.3 is 9.73 Å². The topological polar surface area (TPSA) is 124 Å². The molecule has 0 aliphatic carbocycles. The first-order chi connectivity index (χ1) is 12.5. The number of nitro groups is 1. The fourth-order valence-electron chi connectivity index (χ4n) is 1.95. The van der Waals surface area contributed by atoms with Crippen molar-refractivity contribution in [3.63, 3.8) is 0 Å². The number of halogens is 1. The molecule has 0 atom stereocenters. The Morgan fingerprint density at radius 2 is 2.04 bits per heavy atom. The molecule has 1 aromatic carbocycles. The van der Waals surface area contributed by atoms with Gasteiger partial charge in [0.15, 0.2) is 0 Å². The van der Waals surface area contributed by atoms with Crippen LogP contribution in [0.1, 0.15) is 0 Å². The normalized spacial score (nSPS) is 10.5. The van der Waals surface area contributed by atoms with E-state index in [1.165, 1.54) is 18.2 Å². The quantitative estimate of drug-likeness (QED) is 0.385. The van der Waals surface area contributed by atoms with Gasteiger partial charge in [-0.25, -0.2) is 0 Å². The zero-order chi connectivity index (χ0) is 18.5. The fraction of sp³-hybridized carbons (Fsp3) is 0.0667. The van der Waals surface area contributed by atoms with Crippen LogP contribution in [0.2, 0.25) is 5.02 Å². The number of nitrogens with zero attached hydrogens (tertiary/aromatic N) is 4. The van der Waals surface area contributed by atoms with E-state index in [1.807, 2.05) is 0 Å². The van der Waals surface area contributed by atoms with Crippen molar-refractivity contribution in [2.24, 2.45) is 0 Å². The molecular formula is C15H10ClN5O4S. The Morgan fingerprint density at radius 3 is 2.77 bits per heavy atom. The Labute approximate surface area is 155 Å². The first kappa shape index (κ1) is 17.8. The number of nitrogens with one attached hydrogen (secondary N) is 1. The molecule has 0 aliphatic rings. The molecule has 0 unspecified atom stereocenters. The second-order valence-corrected chi connectivity index (χ2v) is 6.23. The summed E-state index contributed by atoms with van der Waals surface area (Å²) < 4.78 is 5.46. The van der Waals surface area contributed by atoms with Crippen LogP contribution in [0.3, 0.4) is 0 Å². The van der Waals surface area contributed by atoms with Crippen molar-refractivity contribution in [1.29, 1.82) is 0 Å².